The fourth-order valence-electron chi connectivity index (χ4n) is 2.13. The maximum Gasteiger partial charge on any atom is 0.282 e. The van der Waals surface area contributed by atoms with E-state index in [9.17, 15) is 0 Å². The molecule has 0 aliphatic carbocycles. The maximum absolute atomic E-state index is 5.73. The van der Waals surface area contributed by atoms with Gasteiger partial charge in [0.2, 0.25) is 0 Å². The van der Waals surface area contributed by atoms with Crippen LogP contribution >= 0.6 is 0 Å². The molecule has 0 amide bonds. The van der Waals surface area contributed by atoms with Crippen LogP contribution in [0.1, 0.15) is 6.42 Å². The van der Waals surface area contributed by atoms with Gasteiger partial charge in [0.1, 0.15) is 23.9 Å². The van der Waals surface area contributed by atoms with Gasteiger partial charge in [-0.2, -0.15) is 0 Å². The second-order valence-corrected chi connectivity index (χ2v) is 4.96. The van der Waals surface area contributed by atoms with Gasteiger partial charge in [-0.1, -0.05) is 18.2 Å². The highest BCUT2D eigenvalue weighted by molar-refractivity contribution is 5.72. The largest absolute Gasteiger partial charge is 0.494 e. The molecule has 2 aromatic rings. The van der Waals surface area contributed by atoms with E-state index in [1.807, 2.05) is 54.6 Å². The SMILES string of the molecule is NC1=N[C@@H](CCOc2ccc(Oc3ccccc3)cc2)CO1. The highest BCUT2D eigenvalue weighted by Gasteiger charge is 2.16. The Morgan fingerprint density at radius 1 is 1.00 bits per heavy atom. The summed E-state index contributed by atoms with van der Waals surface area (Å²) in [5.41, 5.74) is 5.46. The molecule has 5 heteroatoms. The van der Waals surface area contributed by atoms with Gasteiger partial charge < -0.3 is 19.9 Å². The lowest BCUT2D eigenvalue weighted by atomic mass is 10.2. The predicted molar refractivity (Wildman–Crippen MR) is 84.4 cm³/mol. The van der Waals surface area contributed by atoms with Crippen LogP contribution < -0.4 is 15.2 Å². The molecule has 114 valence electrons. The molecule has 2 N–H and O–H groups in total. The highest BCUT2D eigenvalue weighted by Crippen LogP contribution is 2.23. The van der Waals surface area contributed by atoms with Gasteiger partial charge in [0.05, 0.1) is 12.6 Å². The lowest BCUT2D eigenvalue weighted by molar-refractivity contribution is 0.263. The Kier molecular flexibility index (Phi) is 4.44. The van der Waals surface area contributed by atoms with Crippen LogP contribution in [0.2, 0.25) is 0 Å². The first-order valence-electron chi connectivity index (χ1n) is 7.21. The number of nitrogens with two attached hydrogens (primary N) is 1. The van der Waals surface area contributed by atoms with Crippen LogP contribution in [0.3, 0.4) is 0 Å². The summed E-state index contributed by atoms with van der Waals surface area (Å²) in [6.07, 6.45) is 0.781. The number of hydrogen-bond donors (Lipinski definition) is 1. The Balaban J connectivity index is 1.47. The zero-order valence-corrected chi connectivity index (χ0v) is 12.1. The number of ether oxygens (including phenoxy) is 3. The van der Waals surface area contributed by atoms with E-state index in [1.54, 1.807) is 0 Å². The second kappa shape index (κ2) is 6.85. The zero-order chi connectivity index (χ0) is 15.2. The minimum absolute atomic E-state index is 0.0979. The van der Waals surface area contributed by atoms with E-state index >= 15 is 0 Å². The van der Waals surface area contributed by atoms with E-state index in [0.29, 0.717) is 13.2 Å². The van der Waals surface area contributed by atoms with Gasteiger partial charge in [-0.15, -0.1) is 0 Å². The molecule has 0 aromatic heterocycles. The van der Waals surface area contributed by atoms with Gasteiger partial charge in [-0.05, 0) is 36.4 Å². The average Bonchev–Trinajstić information content (AvgIpc) is 2.96. The minimum Gasteiger partial charge on any atom is -0.494 e. The lowest BCUT2D eigenvalue weighted by Crippen LogP contribution is -2.12. The van der Waals surface area contributed by atoms with Crippen LogP contribution in [0, 0.1) is 0 Å². The second-order valence-electron chi connectivity index (χ2n) is 4.96. The third-order valence-corrected chi connectivity index (χ3v) is 3.26. The van der Waals surface area contributed by atoms with Crippen molar-refractivity contribution in [1.29, 1.82) is 0 Å². The molecular formula is C17H18N2O3. The van der Waals surface area contributed by atoms with Crippen LogP contribution in [-0.2, 0) is 4.74 Å². The summed E-state index contributed by atoms with van der Waals surface area (Å²) in [7, 11) is 0. The van der Waals surface area contributed by atoms with E-state index in [4.69, 9.17) is 19.9 Å². The van der Waals surface area contributed by atoms with Crippen molar-refractivity contribution < 1.29 is 14.2 Å². The molecule has 0 fully saturated rings. The number of para-hydroxylation sites is 1. The van der Waals surface area contributed by atoms with Crippen LogP contribution in [0.5, 0.6) is 17.2 Å². The van der Waals surface area contributed by atoms with E-state index in [0.717, 1.165) is 23.7 Å². The summed E-state index contributed by atoms with van der Waals surface area (Å²) < 4.78 is 16.5. The quantitative estimate of drug-likeness (QED) is 0.890. The minimum atomic E-state index is 0.0979. The van der Waals surface area contributed by atoms with E-state index in [2.05, 4.69) is 4.99 Å². The van der Waals surface area contributed by atoms with Crippen LogP contribution in [0.4, 0.5) is 0 Å². The number of hydrogen-bond acceptors (Lipinski definition) is 5. The molecule has 1 heterocycles. The maximum atomic E-state index is 5.73. The Morgan fingerprint density at radius 2 is 1.68 bits per heavy atom. The molecule has 0 unspecified atom stereocenters. The van der Waals surface area contributed by atoms with Gasteiger partial charge in [-0.25, -0.2) is 4.99 Å². The van der Waals surface area contributed by atoms with E-state index in [-0.39, 0.29) is 12.1 Å². The van der Waals surface area contributed by atoms with Crippen molar-refractivity contribution in [1.82, 2.24) is 0 Å². The molecule has 22 heavy (non-hydrogen) atoms. The lowest BCUT2D eigenvalue weighted by Gasteiger charge is -2.09. The number of amidine groups is 1. The Bertz CT molecular complexity index is 626. The summed E-state index contributed by atoms with van der Waals surface area (Å²) >= 11 is 0. The number of aliphatic imine (C=N–C) groups is 1. The van der Waals surface area contributed by atoms with Crippen molar-refractivity contribution in [2.45, 2.75) is 12.5 Å². The molecule has 1 aliphatic rings. The molecule has 0 bridgehead atoms. The Labute approximate surface area is 129 Å². The smallest absolute Gasteiger partial charge is 0.282 e. The third kappa shape index (κ3) is 3.91. The Morgan fingerprint density at radius 3 is 2.36 bits per heavy atom. The fraction of sp³-hybridized carbons (Fsp3) is 0.235. The molecule has 1 aliphatic heterocycles. The third-order valence-electron chi connectivity index (χ3n) is 3.26. The average molecular weight is 298 g/mol. The first-order valence-corrected chi connectivity index (χ1v) is 7.21. The molecule has 0 saturated carbocycles. The fourth-order valence-corrected chi connectivity index (χ4v) is 2.13. The van der Waals surface area contributed by atoms with Crippen molar-refractivity contribution in [2.24, 2.45) is 10.7 Å². The molecule has 1 atom stereocenters. The normalized spacial score (nSPS) is 16.7. The summed E-state index contributed by atoms with van der Waals surface area (Å²) in [5.74, 6) is 2.39. The standard InChI is InChI=1S/C17H18N2O3/c18-17-19-13(12-21-17)10-11-20-14-6-8-16(9-7-14)22-15-4-2-1-3-5-15/h1-9,13H,10-12H2,(H2,18,19)/t13-/m0/s1. The Hall–Kier alpha value is -2.69. The van der Waals surface area contributed by atoms with E-state index in [1.165, 1.54) is 0 Å². The van der Waals surface area contributed by atoms with Crippen molar-refractivity contribution >= 4 is 6.02 Å². The van der Waals surface area contributed by atoms with Gasteiger partial charge in [0.15, 0.2) is 0 Å². The number of rotatable bonds is 6. The zero-order valence-electron chi connectivity index (χ0n) is 12.1. The molecule has 0 spiro atoms. The van der Waals surface area contributed by atoms with Crippen LogP contribution in [0.25, 0.3) is 0 Å². The summed E-state index contributed by atoms with van der Waals surface area (Å²) in [6.45, 7) is 1.11. The van der Waals surface area contributed by atoms with Crippen molar-refractivity contribution in [2.75, 3.05) is 13.2 Å². The van der Waals surface area contributed by atoms with Gasteiger partial charge in [0.25, 0.3) is 6.02 Å². The first kappa shape index (κ1) is 14.3. The van der Waals surface area contributed by atoms with Gasteiger partial charge in [0, 0.05) is 6.42 Å². The van der Waals surface area contributed by atoms with E-state index < -0.39 is 0 Å². The highest BCUT2D eigenvalue weighted by atomic mass is 16.5. The monoisotopic (exact) mass is 298 g/mol. The number of benzene rings is 2. The summed E-state index contributed by atoms with van der Waals surface area (Å²) in [6, 6.07) is 17.6. The summed E-state index contributed by atoms with van der Waals surface area (Å²) in [5, 5.41) is 0. The van der Waals surface area contributed by atoms with Gasteiger partial charge in [-0.3, -0.25) is 0 Å². The predicted octanol–water partition coefficient (Wildman–Crippen LogP) is 2.96. The molecule has 3 rings (SSSR count). The number of nitrogens with zero attached hydrogens (tertiary/aromatic N) is 1. The van der Waals surface area contributed by atoms with Crippen molar-refractivity contribution in [3.63, 3.8) is 0 Å². The molecule has 2 aromatic carbocycles. The topological polar surface area (TPSA) is 66.1 Å². The van der Waals surface area contributed by atoms with Crippen LogP contribution in [-0.4, -0.2) is 25.3 Å². The van der Waals surface area contributed by atoms with Crippen molar-refractivity contribution in [3.8, 4) is 17.2 Å². The molecule has 0 saturated heterocycles. The first-order chi connectivity index (χ1) is 10.8. The van der Waals surface area contributed by atoms with Crippen molar-refractivity contribution in [3.05, 3.63) is 54.6 Å². The summed E-state index contributed by atoms with van der Waals surface area (Å²) in [4.78, 5) is 4.15. The molecule has 0 radical (unpaired) electrons. The molecular weight excluding hydrogens is 280 g/mol. The van der Waals surface area contributed by atoms with Gasteiger partial charge >= 0.3 is 0 Å². The molecule has 5 nitrogen and oxygen atoms in total. The van der Waals surface area contributed by atoms with Crippen LogP contribution in [0.15, 0.2) is 59.6 Å².